The molecule has 2 aromatic rings. The molecule has 8 heteroatoms. The number of hydrogen-bond donors (Lipinski definition) is 3. The van der Waals surface area contributed by atoms with Gasteiger partial charge in [-0.05, 0) is 30.3 Å². The number of nitrogen functional groups attached to an aromatic ring is 1. The van der Waals surface area contributed by atoms with Crippen LogP contribution in [0.15, 0.2) is 45.8 Å². The lowest BCUT2D eigenvalue weighted by Gasteiger charge is -2.12. The number of methoxy groups -OCH3 is 1. The smallest absolute Gasteiger partial charge is 0.238 e. The van der Waals surface area contributed by atoms with Gasteiger partial charge in [0.25, 0.3) is 0 Å². The Hall–Kier alpha value is -1.77. The van der Waals surface area contributed by atoms with E-state index in [2.05, 4.69) is 21.2 Å². The third kappa shape index (κ3) is 3.87. The average molecular weight is 372 g/mol. The van der Waals surface area contributed by atoms with Crippen molar-refractivity contribution in [1.29, 1.82) is 0 Å². The summed E-state index contributed by atoms with van der Waals surface area (Å²) >= 11 is 3.38. The van der Waals surface area contributed by atoms with Crippen LogP contribution in [0.4, 0.5) is 17.1 Å². The Labute approximate surface area is 131 Å². The fourth-order valence-corrected chi connectivity index (χ4v) is 2.76. The van der Waals surface area contributed by atoms with Crippen molar-refractivity contribution >= 4 is 43.0 Å². The molecule has 0 saturated carbocycles. The van der Waals surface area contributed by atoms with Crippen molar-refractivity contribution in [3.63, 3.8) is 0 Å². The van der Waals surface area contributed by atoms with E-state index in [1.54, 1.807) is 19.2 Å². The van der Waals surface area contributed by atoms with Gasteiger partial charge in [0.1, 0.15) is 5.75 Å². The molecule has 6 nitrogen and oxygen atoms in total. The molecular formula is C13H14BrN3O3S. The molecule has 0 radical (unpaired) electrons. The summed E-state index contributed by atoms with van der Waals surface area (Å²) in [7, 11) is -2.20. The number of rotatable bonds is 4. The molecule has 0 aliphatic heterocycles. The van der Waals surface area contributed by atoms with Gasteiger partial charge in [0, 0.05) is 16.2 Å². The predicted molar refractivity (Wildman–Crippen MR) is 86.2 cm³/mol. The number of sulfonamides is 1. The van der Waals surface area contributed by atoms with Gasteiger partial charge in [0.05, 0.1) is 23.4 Å². The van der Waals surface area contributed by atoms with Crippen LogP contribution < -0.4 is 20.9 Å². The number of ether oxygens (including phenoxy) is 1. The van der Waals surface area contributed by atoms with E-state index in [0.717, 1.165) is 10.2 Å². The highest BCUT2D eigenvalue weighted by Gasteiger charge is 2.10. The summed E-state index contributed by atoms with van der Waals surface area (Å²) in [4.78, 5) is -0.0302. The highest BCUT2D eigenvalue weighted by Crippen LogP contribution is 2.30. The minimum absolute atomic E-state index is 0.0302. The maximum Gasteiger partial charge on any atom is 0.238 e. The van der Waals surface area contributed by atoms with Gasteiger partial charge in [-0.3, -0.25) is 0 Å². The molecule has 2 aromatic carbocycles. The van der Waals surface area contributed by atoms with Gasteiger partial charge in [-0.1, -0.05) is 15.9 Å². The zero-order chi connectivity index (χ0) is 15.6. The first-order valence-electron chi connectivity index (χ1n) is 5.83. The van der Waals surface area contributed by atoms with Crippen LogP contribution in [0.25, 0.3) is 0 Å². The Kier molecular flexibility index (Phi) is 4.40. The first kappa shape index (κ1) is 15.6. The minimum Gasteiger partial charge on any atom is -0.497 e. The van der Waals surface area contributed by atoms with E-state index in [1.165, 1.54) is 12.1 Å². The summed E-state index contributed by atoms with van der Waals surface area (Å²) in [5.74, 6) is 0.673. The third-order valence-corrected chi connectivity index (χ3v) is 4.11. The number of hydrogen-bond acceptors (Lipinski definition) is 5. The first-order chi connectivity index (χ1) is 9.79. The Morgan fingerprint density at radius 2 is 1.90 bits per heavy atom. The maximum atomic E-state index is 11.3. The molecule has 0 spiro atoms. The Balaban J connectivity index is 2.34. The molecule has 0 aromatic heterocycles. The Morgan fingerprint density at radius 3 is 2.48 bits per heavy atom. The van der Waals surface area contributed by atoms with E-state index in [-0.39, 0.29) is 10.6 Å². The molecule has 0 aliphatic rings. The molecule has 21 heavy (non-hydrogen) atoms. The Morgan fingerprint density at radius 1 is 1.19 bits per heavy atom. The zero-order valence-electron chi connectivity index (χ0n) is 11.1. The second-order valence-electron chi connectivity index (χ2n) is 4.30. The number of anilines is 3. The standard InChI is InChI=1S/C13H14BrN3O3S/c1-20-10-5-8(14)4-9(6-10)17-13-3-2-11(7-12(13)15)21(16,18)19/h2-7,17H,15H2,1H3,(H2,16,18,19). The van der Waals surface area contributed by atoms with Gasteiger partial charge >= 0.3 is 0 Å². The van der Waals surface area contributed by atoms with Gasteiger partial charge in [-0.2, -0.15) is 0 Å². The zero-order valence-corrected chi connectivity index (χ0v) is 13.5. The lowest BCUT2D eigenvalue weighted by Crippen LogP contribution is -2.12. The fraction of sp³-hybridized carbons (Fsp3) is 0.0769. The summed E-state index contributed by atoms with van der Waals surface area (Å²) in [6.45, 7) is 0. The monoisotopic (exact) mass is 371 g/mol. The number of benzene rings is 2. The summed E-state index contributed by atoms with van der Waals surface area (Å²) in [5.41, 5.74) is 7.45. The maximum absolute atomic E-state index is 11.3. The number of primary sulfonamides is 1. The molecule has 0 fully saturated rings. The van der Waals surface area contributed by atoms with E-state index in [1.807, 2.05) is 12.1 Å². The van der Waals surface area contributed by atoms with Crippen molar-refractivity contribution in [1.82, 2.24) is 0 Å². The second kappa shape index (κ2) is 5.92. The van der Waals surface area contributed by atoms with Crippen molar-refractivity contribution in [3.8, 4) is 5.75 Å². The lowest BCUT2D eigenvalue weighted by atomic mass is 10.2. The summed E-state index contributed by atoms with van der Waals surface area (Å²) < 4.78 is 28.5. The SMILES string of the molecule is COc1cc(Br)cc(Nc2ccc(S(N)(=O)=O)cc2N)c1. The van der Waals surface area contributed by atoms with Gasteiger partial charge in [0.15, 0.2) is 0 Å². The van der Waals surface area contributed by atoms with Gasteiger partial charge in [-0.15, -0.1) is 0 Å². The van der Waals surface area contributed by atoms with Crippen LogP contribution in [0, 0.1) is 0 Å². The molecule has 0 saturated heterocycles. The predicted octanol–water partition coefficient (Wildman–Crippen LogP) is 2.43. The van der Waals surface area contributed by atoms with Crippen LogP contribution in [-0.2, 0) is 10.0 Å². The topological polar surface area (TPSA) is 107 Å². The van der Waals surface area contributed by atoms with E-state index in [0.29, 0.717) is 11.4 Å². The summed E-state index contributed by atoms with van der Waals surface area (Å²) in [6, 6.07) is 9.71. The van der Waals surface area contributed by atoms with Crippen LogP contribution in [0.3, 0.4) is 0 Å². The molecule has 0 bridgehead atoms. The molecule has 0 atom stereocenters. The number of nitrogens with two attached hydrogens (primary N) is 2. The molecular weight excluding hydrogens is 358 g/mol. The van der Waals surface area contributed by atoms with E-state index < -0.39 is 10.0 Å². The van der Waals surface area contributed by atoms with E-state index >= 15 is 0 Å². The second-order valence-corrected chi connectivity index (χ2v) is 6.78. The molecule has 0 heterocycles. The highest BCUT2D eigenvalue weighted by atomic mass is 79.9. The van der Waals surface area contributed by atoms with E-state index in [4.69, 9.17) is 15.6 Å². The number of nitrogens with one attached hydrogen (secondary N) is 1. The fourth-order valence-electron chi connectivity index (χ4n) is 1.74. The van der Waals surface area contributed by atoms with Crippen LogP contribution in [0.5, 0.6) is 5.75 Å². The van der Waals surface area contributed by atoms with Crippen molar-refractivity contribution < 1.29 is 13.2 Å². The Bertz CT molecular complexity index is 778. The highest BCUT2D eigenvalue weighted by molar-refractivity contribution is 9.10. The van der Waals surface area contributed by atoms with Crippen LogP contribution in [0.1, 0.15) is 0 Å². The van der Waals surface area contributed by atoms with Crippen molar-refractivity contribution in [2.45, 2.75) is 4.90 Å². The van der Waals surface area contributed by atoms with Gasteiger partial charge in [-0.25, -0.2) is 13.6 Å². The van der Waals surface area contributed by atoms with Crippen LogP contribution >= 0.6 is 15.9 Å². The summed E-state index contributed by atoms with van der Waals surface area (Å²) in [5, 5.41) is 8.16. The molecule has 2 rings (SSSR count). The lowest BCUT2D eigenvalue weighted by molar-refractivity contribution is 0.415. The molecule has 112 valence electrons. The van der Waals surface area contributed by atoms with Gasteiger partial charge in [0.2, 0.25) is 10.0 Å². The van der Waals surface area contributed by atoms with Gasteiger partial charge < -0.3 is 15.8 Å². The van der Waals surface area contributed by atoms with Crippen molar-refractivity contribution in [2.24, 2.45) is 5.14 Å². The van der Waals surface area contributed by atoms with Crippen molar-refractivity contribution in [3.05, 3.63) is 40.9 Å². The van der Waals surface area contributed by atoms with Crippen LogP contribution in [0.2, 0.25) is 0 Å². The molecule has 0 aliphatic carbocycles. The van der Waals surface area contributed by atoms with Crippen molar-refractivity contribution in [2.75, 3.05) is 18.2 Å². The van der Waals surface area contributed by atoms with Crippen LogP contribution in [-0.4, -0.2) is 15.5 Å². The molecule has 0 amide bonds. The quantitative estimate of drug-likeness (QED) is 0.715. The largest absolute Gasteiger partial charge is 0.497 e. The van der Waals surface area contributed by atoms with E-state index in [9.17, 15) is 8.42 Å². The molecule has 5 N–H and O–H groups in total. The normalized spacial score (nSPS) is 11.2. The number of halogens is 1. The summed E-state index contributed by atoms with van der Waals surface area (Å²) in [6.07, 6.45) is 0. The first-order valence-corrected chi connectivity index (χ1v) is 8.17. The third-order valence-electron chi connectivity index (χ3n) is 2.74. The average Bonchev–Trinajstić information content (AvgIpc) is 2.39. The molecule has 0 unspecified atom stereocenters. The minimum atomic E-state index is -3.77.